The molecule has 5 heterocycles. The zero-order valence-electron chi connectivity index (χ0n) is 21.3. The molecule has 5 aromatic heterocycles. The molecule has 0 spiro atoms. The SMILES string of the molecule is CC(=O)c1ccc(-c2cccc3[nH]c(-c4n[nH]c5cnc(-c6cncc(OCCN(C)C)c6)cc45)cc23)s1. The predicted octanol–water partition coefficient (Wildman–Crippen LogP) is 6.04. The van der Waals surface area contributed by atoms with Gasteiger partial charge >= 0.3 is 0 Å². The molecule has 2 N–H and O–H groups in total. The molecular formula is C29H26N6O2S. The topological polar surface area (TPSA) is 99.8 Å². The Kier molecular flexibility index (Phi) is 6.22. The van der Waals surface area contributed by atoms with E-state index in [1.54, 1.807) is 25.5 Å². The number of nitrogens with one attached hydrogen (secondary N) is 2. The van der Waals surface area contributed by atoms with Crippen molar-refractivity contribution < 1.29 is 9.53 Å². The molecule has 0 atom stereocenters. The van der Waals surface area contributed by atoms with Gasteiger partial charge < -0.3 is 14.6 Å². The van der Waals surface area contributed by atoms with Crippen LogP contribution in [0.5, 0.6) is 5.75 Å². The van der Waals surface area contributed by atoms with Crippen LogP contribution in [0.25, 0.3) is 54.9 Å². The first-order chi connectivity index (χ1) is 18.5. The van der Waals surface area contributed by atoms with Gasteiger partial charge in [0.25, 0.3) is 0 Å². The van der Waals surface area contributed by atoms with Crippen molar-refractivity contribution in [1.82, 2.24) is 30.0 Å². The van der Waals surface area contributed by atoms with Gasteiger partial charge in [-0.1, -0.05) is 12.1 Å². The van der Waals surface area contributed by atoms with E-state index in [1.807, 2.05) is 44.4 Å². The minimum atomic E-state index is 0.0800. The summed E-state index contributed by atoms with van der Waals surface area (Å²) in [6.07, 6.45) is 5.30. The number of Topliss-reactive ketones (excluding diaryl/α,β-unsaturated/α-hetero) is 1. The summed E-state index contributed by atoms with van der Waals surface area (Å²) in [5.74, 6) is 0.791. The van der Waals surface area contributed by atoms with Crippen LogP contribution in [0, 0.1) is 0 Å². The largest absolute Gasteiger partial charge is 0.491 e. The van der Waals surface area contributed by atoms with Gasteiger partial charge in [-0.3, -0.25) is 19.9 Å². The number of H-pyrrole nitrogens is 2. The lowest BCUT2D eigenvalue weighted by Gasteiger charge is -2.11. The number of ether oxygens (including phenoxy) is 1. The lowest BCUT2D eigenvalue weighted by Crippen LogP contribution is -2.19. The normalized spacial score (nSPS) is 11.6. The van der Waals surface area contributed by atoms with E-state index in [4.69, 9.17) is 4.74 Å². The van der Waals surface area contributed by atoms with Gasteiger partial charge in [0.2, 0.25) is 0 Å². The number of hydrogen-bond donors (Lipinski definition) is 2. The number of carbonyl (C=O) groups excluding carboxylic acids is 1. The predicted molar refractivity (Wildman–Crippen MR) is 152 cm³/mol. The highest BCUT2D eigenvalue weighted by Crippen LogP contribution is 2.37. The molecule has 190 valence electrons. The minimum Gasteiger partial charge on any atom is -0.491 e. The van der Waals surface area contributed by atoms with Gasteiger partial charge in [-0.15, -0.1) is 11.3 Å². The van der Waals surface area contributed by atoms with Crippen molar-refractivity contribution >= 4 is 38.9 Å². The van der Waals surface area contributed by atoms with Gasteiger partial charge in [-0.25, -0.2) is 0 Å². The van der Waals surface area contributed by atoms with E-state index in [2.05, 4.69) is 48.2 Å². The number of aromatic amines is 2. The second-order valence-corrected chi connectivity index (χ2v) is 10.5. The number of thiophene rings is 1. The van der Waals surface area contributed by atoms with Crippen LogP contribution < -0.4 is 4.74 Å². The van der Waals surface area contributed by atoms with Crippen LogP contribution >= 0.6 is 11.3 Å². The molecule has 0 amide bonds. The fourth-order valence-corrected chi connectivity index (χ4v) is 5.37. The summed E-state index contributed by atoms with van der Waals surface area (Å²) < 4.78 is 5.87. The number of likely N-dealkylation sites (N-methyl/N-ethyl adjacent to an activating group) is 1. The zero-order chi connectivity index (χ0) is 26.2. The molecule has 0 fully saturated rings. The van der Waals surface area contributed by atoms with Crippen molar-refractivity contribution in [3.8, 4) is 38.8 Å². The smallest absolute Gasteiger partial charge is 0.169 e. The van der Waals surface area contributed by atoms with Gasteiger partial charge in [0.15, 0.2) is 5.78 Å². The lowest BCUT2D eigenvalue weighted by atomic mass is 10.1. The fourth-order valence-electron chi connectivity index (χ4n) is 4.43. The van der Waals surface area contributed by atoms with Gasteiger partial charge in [-0.2, -0.15) is 5.10 Å². The fraction of sp³-hybridized carbons (Fsp3) is 0.172. The third-order valence-corrected chi connectivity index (χ3v) is 7.62. The van der Waals surface area contributed by atoms with E-state index in [0.29, 0.717) is 12.4 Å². The zero-order valence-corrected chi connectivity index (χ0v) is 22.1. The molecule has 0 bridgehead atoms. The molecule has 8 nitrogen and oxygen atoms in total. The number of aromatic nitrogens is 5. The van der Waals surface area contributed by atoms with Crippen molar-refractivity contribution in [3.63, 3.8) is 0 Å². The molecule has 0 aliphatic carbocycles. The summed E-state index contributed by atoms with van der Waals surface area (Å²) in [6, 6.07) is 16.2. The highest BCUT2D eigenvalue weighted by molar-refractivity contribution is 7.17. The molecule has 0 radical (unpaired) electrons. The number of carbonyl (C=O) groups is 1. The average Bonchev–Trinajstić information content (AvgIpc) is 3.66. The Morgan fingerprint density at radius 2 is 1.92 bits per heavy atom. The quantitative estimate of drug-likeness (QED) is 0.237. The van der Waals surface area contributed by atoms with Crippen LogP contribution in [-0.4, -0.2) is 63.1 Å². The number of rotatable bonds is 8. The summed E-state index contributed by atoms with van der Waals surface area (Å²) in [5, 5.41) is 9.76. The molecule has 0 unspecified atom stereocenters. The molecule has 9 heteroatoms. The van der Waals surface area contributed by atoms with Crippen molar-refractivity contribution in [1.29, 1.82) is 0 Å². The Hall–Kier alpha value is -4.34. The Morgan fingerprint density at radius 1 is 1.03 bits per heavy atom. The number of hydrogen-bond acceptors (Lipinski definition) is 7. The maximum absolute atomic E-state index is 11.8. The van der Waals surface area contributed by atoms with Crippen LogP contribution in [-0.2, 0) is 0 Å². The van der Waals surface area contributed by atoms with Crippen LogP contribution in [0.3, 0.4) is 0 Å². The molecule has 6 aromatic rings. The summed E-state index contributed by atoms with van der Waals surface area (Å²) in [5.41, 5.74) is 6.32. The molecule has 6 rings (SSSR count). The first-order valence-corrected chi connectivity index (χ1v) is 13.1. The second-order valence-electron chi connectivity index (χ2n) is 9.42. The van der Waals surface area contributed by atoms with Crippen LogP contribution in [0.2, 0.25) is 0 Å². The number of ketones is 1. The van der Waals surface area contributed by atoms with Crippen molar-refractivity contribution in [3.05, 3.63) is 72.0 Å². The second kappa shape index (κ2) is 9.85. The summed E-state index contributed by atoms with van der Waals surface area (Å²) in [7, 11) is 4.03. The molecule has 38 heavy (non-hydrogen) atoms. The molecule has 0 aliphatic rings. The Morgan fingerprint density at radius 3 is 2.74 bits per heavy atom. The van der Waals surface area contributed by atoms with E-state index >= 15 is 0 Å². The highest BCUT2D eigenvalue weighted by Gasteiger charge is 2.16. The third-order valence-electron chi connectivity index (χ3n) is 6.40. The van der Waals surface area contributed by atoms with E-state index < -0.39 is 0 Å². The monoisotopic (exact) mass is 522 g/mol. The van der Waals surface area contributed by atoms with E-state index in [-0.39, 0.29) is 5.78 Å². The Bertz CT molecular complexity index is 1780. The standard InChI is InChI=1S/C29H26N6O2S/c1-17(36)27-7-8-28(38-27)20-5-4-6-23-21(20)12-25(32-23)29-22-13-24(31-16-26(22)33-34-29)18-11-19(15-30-14-18)37-10-9-35(2)3/h4-8,11-16,32H,9-10H2,1-3H3,(H,33,34). The summed E-state index contributed by atoms with van der Waals surface area (Å²) in [4.78, 5) is 28.2. The Labute approximate surface area is 223 Å². The molecular weight excluding hydrogens is 496 g/mol. The maximum Gasteiger partial charge on any atom is 0.169 e. The summed E-state index contributed by atoms with van der Waals surface area (Å²) in [6.45, 7) is 3.00. The third kappa shape index (κ3) is 4.57. The van der Waals surface area contributed by atoms with Crippen LogP contribution in [0.4, 0.5) is 0 Å². The van der Waals surface area contributed by atoms with Crippen molar-refractivity contribution in [2.75, 3.05) is 27.2 Å². The number of benzene rings is 1. The van der Waals surface area contributed by atoms with Gasteiger partial charge in [0.1, 0.15) is 18.1 Å². The van der Waals surface area contributed by atoms with Crippen molar-refractivity contribution in [2.24, 2.45) is 0 Å². The highest BCUT2D eigenvalue weighted by atomic mass is 32.1. The van der Waals surface area contributed by atoms with E-state index in [0.717, 1.165) is 66.3 Å². The first-order valence-electron chi connectivity index (χ1n) is 12.3. The average molecular weight is 523 g/mol. The van der Waals surface area contributed by atoms with Crippen LogP contribution in [0.15, 0.2) is 67.1 Å². The first kappa shape index (κ1) is 24.0. The van der Waals surface area contributed by atoms with Crippen LogP contribution in [0.1, 0.15) is 16.6 Å². The summed E-state index contributed by atoms with van der Waals surface area (Å²) >= 11 is 1.51. The van der Waals surface area contributed by atoms with E-state index in [9.17, 15) is 4.79 Å². The van der Waals surface area contributed by atoms with E-state index in [1.165, 1.54) is 11.3 Å². The number of nitrogens with zero attached hydrogens (tertiary/aromatic N) is 4. The van der Waals surface area contributed by atoms with Gasteiger partial charge in [0.05, 0.1) is 34.2 Å². The van der Waals surface area contributed by atoms with Crippen molar-refractivity contribution in [2.45, 2.75) is 6.92 Å². The molecule has 0 saturated carbocycles. The maximum atomic E-state index is 11.8. The number of fused-ring (bicyclic) bond motifs is 2. The van der Waals surface area contributed by atoms with Gasteiger partial charge in [-0.05, 0) is 57.4 Å². The lowest BCUT2D eigenvalue weighted by molar-refractivity contribution is 0.102. The molecule has 1 aromatic carbocycles. The molecule has 0 saturated heterocycles. The van der Waals surface area contributed by atoms with Gasteiger partial charge in [0, 0.05) is 45.0 Å². The number of pyridine rings is 2. The Balaban J connectivity index is 1.37. The minimum absolute atomic E-state index is 0.0800. The molecule has 0 aliphatic heterocycles.